The summed E-state index contributed by atoms with van der Waals surface area (Å²) in [6.45, 7) is 2.60. The average Bonchev–Trinajstić information content (AvgIpc) is 3.02. The van der Waals surface area contributed by atoms with Crippen LogP contribution in [-0.4, -0.2) is 12.6 Å². The van der Waals surface area contributed by atoms with Crippen molar-refractivity contribution in [3.63, 3.8) is 0 Å². The number of hydrogen-bond donors (Lipinski definition) is 1. The van der Waals surface area contributed by atoms with Crippen LogP contribution in [0.25, 0.3) is 0 Å². The Bertz CT molecular complexity index is 349. The van der Waals surface area contributed by atoms with Gasteiger partial charge in [0.25, 0.3) is 0 Å². The molecule has 1 unspecified atom stereocenters. The Hall–Kier alpha value is -0.730. The van der Waals surface area contributed by atoms with Gasteiger partial charge in [-0.3, -0.25) is 0 Å². The Labute approximate surface area is 95.4 Å². The third-order valence-corrected chi connectivity index (χ3v) is 3.04. The fraction of sp³-hybridized carbons (Fsp3) is 0.500. The van der Waals surface area contributed by atoms with Crippen molar-refractivity contribution < 1.29 is 4.74 Å². The maximum absolute atomic E-state index is 5.96. The van der Waals surface area contributed by atoms with Crippen LogP contribution in [0.2, 0.25) is 5.02 Å². The van der Waals surface area contributed by atoms with E-state index in [-0.39, 0.29) is 6.04 Å². The van der Waals surface area contributed by atoms with Gasteiger partial charge in [-0.05, 0) is 43.4 Å². The van der Waals surface area contributed by atoms with Crippen LogP contribution >= 0.6 is 11.6 Å². The van der Waals surface area contributed by atoms with Crippen LogP contribution in [0.5, 0.6) is 5.75 Å². The molecule has 15 heavy (non-hydrogen) atoms. The topological polar surface area (TPSA) is 35.2 Å². The van der Waals surface area contributed by atoms with Crippen LogP contribution in [0.1, 0.15) is 18.4 Å². The highest BCUT2D eigenvalue weighted by molar-refractivity contribution is 6.30. The summed E-state index contributed by atoms with van der Waals surface area (Å²) in [7, 11) is 0. The number of benzene rings is 1. The van der Waals surface area contributed by atoms with Gasteiger partial charge in [0.1, 0.15) is 12.4 Å². The van der Waals surface area contributed by atoms with E-state index in [0.29, 0.717) is 17.5 Å². The largest absolute Gasteiger partial charge is 0.492 e. The molecule has 0 amide bonds. The fourth-order valence-electron chi connectivity index (χ4n) is 1.58. The molecule has 0 aliphatic heterocycles. The molecule has 1 fully saturated rings. The third-order valence-electron chi connectivity index (χ3n) is 2.81. The number of hydrogen-bond acceptors (Lipinski definition) is 2. The zero-order valence-electron chi connectivity index (χ0n) is 8.87. The second-order valence-electron chi connectivity index (χ2n) is 4.22. The highest BCUT2D eigenvalue weighted by Gasteiger charge is 2.28. The summed E-state index contributed by atoms with van der Waals surface area (Å²) in [6, 6.07) is 5.84. The summed E-state index contributed by atoms with van der Waals surface area (Å²) in [5, 5.41) is 0.704. The number of rotatable bonds is 4. The molecule has 1 aromatic rings. The van der Waals surface area contributed by atoms with E-state index in [4.69, 9.17) is 22.1 Å². The lowest BCUT2D eigenvalue weighted by molar-refractivity contribution is 0.274. The molecule has 1 saturated carbocycles. The van der Waals surface area contributed by atoms with Gasteiger partial charge in [0, 0.05) is 11.1 Å². The summed E-state index contributed by atoms with van der Waals surface area (Å²) in [5.41, 5.74) is 7.06. The lowest BCUT2D eigenvalue weighted by Gasteiger charge is -2.13. The SMILES string of the molecule is Cc1ccc(Cl)cc1OCC(N)C1CC1. The Morgan fingerprint density at radius 3 is 2.93 bits per heavy atom. The molecule has 0 heterocycles. The number of halogens is 1. The number of nitrogens with two attached hydrogens (primary N) is 1. The van der Waals surface area contributed by atoms with Gasteiger partial charge in [-0.1, -0.05) is 17.7 Å². The van der Waals surface area contributed by atoms with E-state index in [2.05, 4.69) is 0 Å². The van der Waals surface area contributed by atoms with Gasteiger partial charge in [0.2, 0.25) is 0 Å². The molecule has 0 saturated heterocycles. The van der Waals surface area contributed by atoms with Crippen LogP contribution in [0.4, 0.5) is 0 Å². The zero-order chi connectivity index (χ0) is 10.8. The maximum Gasteiger partial charge on any atom is 0.123 e. The predicted molar refractivity (Wildman–Crippen MR) is 62.4 cm³/mol. The van der Waals surface area contributed by atoms with Crippen molar-refractivity contribution in [3.8, 4) is 5.75 Å². The van der Waals surface area contributed by atoms with E-state index in [9.17, 15) is 0 Å². The average molecular weight is 226 g/mol. The maximum atomic E-state index is 5.96. The van der Waals surface area contributed by atoms with E-state index in [1.807, 2.05) is 25.1 Å². The Balaban J connectivity index is 1.94. The lowest BCUT2D eigenvalue weighted by atomic mass is 10.2. The first kappa shape index (κ1) is 10.8. The lowest BCUT2D eigenvalue weighted by Crippen LogP contribution is -2.30. The quantitative estimate of drug-likeness (QED) is 0.855. The van der Waals surface area contributed by atoms with Crippen molar-refractivity contribution in [2.24, 2.45) is 11.7 Å². The molecule has 82 valence electrons. The first-order valence-electron chi connectivity index (χ1n) is 5.31. The molecule has 3 heteroatoms. The standard InChI is InChI=1S/C12H16ClNO/c1-8-2-5-10(13)6-12(8)15-7-11(14)9-3-4-9/h2,5-6,9,11H,3-4,7,14H2,1H3. The molecule has 0 aromatic heterocycles. The van der Waals surface area contributed by atoms with Crippen molar-refractivity contribution in [1.29, 1.82) is 0 Å². The molecule has 0 radical (unpaired) electrons. The second-order valence-corrected chi connectivity index (χ2v) is 4.66. The molecule has 2 N–H and O–H groups in total. The van der Waals surface area contributed by atoms with Crippen molar-refractivity contribution in [3.05, 3.63) is 28.8 Å². The van der Waals surface area contributed by atoms with Gasteiger partial charge in [-0.2, -0.15) is 0 Å². The van der Waals surface area contributed by atoms with E-state index >= 15 is 0 Å². The van der Waals surface area contributed by atoms with Crippen molar-refractivity contribution in [2.45, 2.75) is 25.8 Å². The minimum absolute atomic E-state index is 0.170. The molecule has 1 aromatic carbocycles. The minimum atomic E-state index is 0.170. The molecule has 1 aliphatic carbocycles. The zero-order valence-corrected chi connectivity index (χ0v) is 9.63. The van der Waals surface area contributed by atoms with Crippen LogP contribution in [0.3, 0.4) is 0 Å². The highest BCUT2D eigenvalue weighted by Crippen LogP contribution is 2.32. The molecule has 0 spiro atoms. The van der Waals surface area contributed by atoms with E-state index < -0.39 is 0 Å². The van der Waals surface area contributed by atoms with Gasteiger partial charge in [-0.15, -0.1) is 0 Å². The smallest absolute Gasteiger partial charge is 0.123 e. The summed E-state index contributed by atoms with van der Waals surface area (Å²) >= 11 is 5.90. The van der Waals surface area contributed by atoms with E-state index in [0.717, 1.165) is 11.3 Å². The van der Waals surface area contributed by atoms with Crippen LogP contribution in [0.15, 0.2) is 18.2 Å². The summed E-state index contributed by atoms with van der Waals surface area (Å²) in [6.07, 6.45) is 2.50. The molecular weight excluding hydrogens is 210 g/mol. The normalized spacial score (nSPS) is 17.5. The van der Waals surface area contributed by atoms with E-state index in [1.54, 1.807) is 0 Å². The van der Waals surface area contributed by atoms with Crippen molar-refractivity contribution in [1.82, 2.24) is 0 Å². The molecule has 2 nitrogen and oxygen atoms in total. The van der Waals surface area contributed by atoms with E-state index in [1.165, 1.54) is 12.8 Å². The first-order chi connectivity index (χ1) is 7.16. The third kappa shape index (κ3) is 2.86. The first-order valence-corrected chi connectivity index (χ1v) is 5.69. The van der Waals surface area contributed by atoms with Crippen LogP contribution < -0.4 is 10.5 Å². The minimum Gasteiger partial charge on any atom is -0.492 e. The van der Waals surface area contributed by atoms with Gasteiger partial charge in [0.15, 0.2) is 0 Å². The number of ether oxygens (including phenoxy) is 1. The van der Waals surface area contributed by atoms with Gasteiger partial charge in [0.05, 0.1) is 0 Å². The summed E-state index contributed by atoms with van der Waals surface area (Å²) < 4.78 is 5.67. The Kier molecular flexibility index (Phi) is 3.17. The van der Waals surface area contributed by atoms with Gasteiger partial charge in [-0.25, -0.2) is 0 Å². The monoisotopic (exact) mass is 225 g/mol. The molecular formula is C12H16ClNO. The molecule has 1 aliphatic rings. The summed E-state index contributed by atoms with van der Waals surface area (Å²) in [5.74, 6) is 1.52. The van der Waals surface area contributed by atoms with Crippen molar-refractivity contribution in [2.75, 3.05) is 6.61 Å². The Morgan fingerprint density at radius 1 is 1.53 bits per heavy atom. The fourth-order valence-corrected chi connectivity index (χ4v) is 1.74. The highest BCUT2D eigenvalue weighted by atomic mass is 35.5. The predicted octanol–water partition coefficient (Wildman–Crippen LogP) is 2.76. The Morgan fingerprint density at radius 2 is 2.27 bits per heavy atom. The van der Waals surface area contributed by atoms with Gasteiger partial charge >= 0.3 is 0 Å². The summed E-state index contributed by atoms with van der Waals surface area (Å²) in [4.78, 5) is 0. The molecule has 2 rings (SSSR count). The van der Waals surface area contributed by atoms with Gasteiger partial charge < -0.3 is 10.5 Å². The second kappa shape index (κ2) is 4.42. The van der Waals surface area contributed by atoms with Crippen LogP contribution in [-0.2, 0) is 0 Å². The number of aryl methyl sites for hydroxylation is 1. The van der Waals surface area contributed by atoms with Crippen molar-refractivity contribution >= 4 is 11.6 Å². The van der Waals surface area contributed by atoms with Crippen LogP contribution in [0, 0.1) is 12.8 Å². The molecule has 0 bridgehead atoms. The molecule has 1 atom stereocenters.